The van der Waals surface area contributed by atoms with Gasteiger partial charge in [-0.25, -0.2) is 5.43 Å². The van der Waals surface area contributed by atoms with Crippen LogP contribution in [0.5, 0.6) is 5.75 Å². The number of methoxy groups -OCH3 is 1. The Morgan fingerprint density at radius 1 is 0.757 bits per heavy atom. The smallest absolute Gasteiger partial charge is 0.250 e. The van der Waals surface area contributed by atoms with Crippen LogP contribution in [0.2, 0.25) is 0 Å². The molecule has 0 unspecified atom stereocenters. The second-order valence-electron chi connectivity index (χ2n) is 8.51. The summed E-state index contributed by atoms with van der Waals surface area (Å²) < 4.78 is 5.57. The third kappa shape index (κ3) is 5.65. The van der Waals surface area contributed by atoms with Crippen molar-refractivity contribution in [2.45, 2.75) is 13.8 Å². The van der Waals surface area contributed by atoms with E-state index in [2.05, 4.69) is 55.2 Å². The van der Waals surface area contributed by atoms with Crippen LogP contribution in [0.3, 0.4) is 0 Å². The van der Waals surface area contributed by atoms with Gasteiger partial charge >= 0.3 is 0 Å². The molecule has 0 spiro atoms. The highest BCUT2D eigenvalue weighted by atomic mass is 16.5. The van der Waals surface area contributed by atoms with E-state index in [4.69, 9.17) is 4.74 Å². The van der Waals surface area contributed by atoms with Gasteiger partial charge in [0, 0.05) is 16.9 Å². The van der Waals surface area contributed by atoms with E-state index in [-0.39, 0.29) is 5.95 Å². The van der Waals surface area contributed by atoms with Gasteiger partial charge in [-0.05, 0) is 54.4 Å². The van der Waals surface area contributed by atoms with Crippen LogP contribution >= 0.6 is 0 Å². The van der Waals surface area contributed by atoms with Crippen LogP contribution < -0.4 is 20.8 Å². The first-order valence-electron chi connectivity index (χ1n) is 11.9. The molecule has 0 saturated heterocycles. The van der Waals surface area contributed by atoms with Gasteiger partial charge in [-0.1, -0.05) is 66.2 Å². The molecule has 5 rings (SSSR count). The fourth-order valence-corrected chi connectivity index (χ4v) is 4.00. The summed E-state index contributed by atoms with van der Waals surface area (Å²) >= 11 is 0. The van der Waals surface area contributed by atoms with Crippen LogP contribution in [-0.2, 0) is 0 Å². The summed E-state index contributed by atoms with van der Waals surface area (Å²) in [6.07, 6.45) is 1.71. The van der Waals surface area contributed by atoms with Gasteiger partial charge in [0.15, 0.2) is 0 Å². The van der Waals surface area contributed by atoms with E-state index in [1.165, 1.54) is 5.56 Å². The number of ether oxygens (including phenoxy) is 1. The zero-order valence-corrected chi connectivity index (χ0v) is 20.9. The Balaban J connectivity index is 1.46. The van der Waals surface area contributed by atoms with Crippen molar-refractivity contribution in [3.63, 3.8) is 0 Å². The second-order valence-corrected chi connectivity index (χ2v) is 8.51. The molecule has 4 aromatic carbocycles. The Kier molecular flexibility index (Phi) is 6.89. The van der Waals surface area contributed by atoms with Gasteiger partial charge in [0.25, 0.3) is 0 Å². The Labute approximate surface area is 215 Å². The molecule has 0 radical (unpaired) electrons. The number of benzene rings is 4. The topological polar surface area (TPSA) is 96.4 Å². The molecule has 184 valence electrons. The molecule has 0 aliphatic heterocycles. The third-order valence-electron chi connectivity index (χ3n) is 5.80. The Hall–Kier alpha value is -4.98. The summed E-state index contributed by atoms with van der Waals surface area (Å²) in [7, 11) is 1.65. The van der Waals surface area contributed by atoms with E-state index in [0.717, 1.165) is 39.0 Å². The first-order valence-corrected chi connectivity index (χ1v) is 11.9. The van der Waals surface area contributed by atoms with Crippen LogP contribution in [0.25, 0.3) is 10.8 Å². The van der Waals surface area contributed by atoms with Gasteiger partial charge < -0.3 is 15.4 Å². The Bertz CT molecular complexity index is 1570. The average Bonchev–Trinajstić information content (AvgIpc) is 2.91. The average molecular weight is 490 g/mol. The lowest BCUT2D eigenvalue weighted by atomic mass is 10.0. The van der Waals surface area contributed by atoms with Gasteiger partial charge in [0.2, 0.25) is 17.8 Å². The molecule has 0 saturated carbocycles. The summed E-state index contributed by atoms with van der Waals surface area (Å²) in [6.45, 7) is 4.10. The first kappa shape index (κ1) is 23.7. The molecule has 0 amide bonds. The highest BCUT2D eigenvalue weighted by Crippen LogP contribution is 2.27. The van der Waals surface area contributed by atoms with Gasteiger partial charge in [-0.2, -0.15) is 20.1 Å². The minimum absolute atomic E-state index is 0.288. The number of nitrogens with zero attached hydrogens (tertiary/aromatic N) is 4. The molecule has 1 heterocycles. The summed E-state index contributed by atoms with van der Waals surface area (Å²) in [5, 5.41) is 13.1. The lowest BCUT2D eigenvalue weighted by Crippen LogP contribution is -2.08. The van der Waals surface area contributed by atoms with E-state index in [1.807, 2.05) is 79.7 Å². The molecular weight excluding hydrogens is 462 g/mol. The maximum Gasteiger partial charge on any atom is 0.250 e. The Morgan fingerprint density at radius 2 is 1.49 bits per heavy atom. The number of hydrogen-bond donors (Lipinski definition) is 3. The van der Waals surface area contributed by atoms with E-state index in [9.17, 15) is 0 Å². The van der Waals surface area contributed by atoms with Crippen molar-refractivity contribution < 1.29 is 4.74 Å². The van der Waals surface area contributed by atoms with Gasteiger partial charge in [0.1, 0.15) is 5.75 Å². The van der Waals surface area contributed by atoms with Crippen molar-refractivity contribution in [3.05, 3.63) is 102 Å². The zero-order valence-electron chi connectivity index (χ0n) is 20.9. The predicted molar refractivity (Wildman–Crippen MR) is 150 cm³/mol. The van der Waals surface area contributed by atoms with Crippen molar-refractivity contribution in [2.75, 3.05) is 23.2 Å². The number of rotatable bonds is 8. The first-order chi connectivity index (χ1) is 18.1. The molecule has 0 aliphatic carbocycles. The van der Waals surface area contributed by atoms with Crippen molar-refractivity contribution in [1.29, 1.82) is 0 Å². The molecule has 37 heavy (non-hydrogen) atoms. The predicted octanol–water partition coefficient (Wildman–Crippen LogP) is 6.58. The lowest BCUT2D eigenvalue weighted by Gasteiger charge is -2.12. The fraction of sp³-hybridized carbons (Fsp3) is 0.103. The van der Waals surface area contributed by atoms with Crippen molar-refractivity contribution in [3.8, 4) is 5.75 Å². The van der Waals surface area contributed by atoms with E-state index >= 15 is 0 Å². The number of para-hydroxylation sites is 1. The Morgan fingerprint density at radius 3 is 2.27 bits per heavy atom. The molecule has 0 fully saturated rings. The largest absolute Gasteiger partial charge is 0.496 e. The van der Waals surface area contributed by atoms with E-state index in [0.29, 0.717) is 11.9 Å². The highest BCUT2D eigenvalue weighted by Gasteiger charge is 2.10. The SMILES string of the molecule is COc1ccc2ccccc2c1/C=N\Nc1nc(Nc2ccccc2)nc(Nc2ccc(C)cc2C)n1. The third-order valence-corrected chi connectivity index (χ3v) is 5.80. The van der Waals surface area contributed by atoms with Crippen LogP contribution in [0.15, 0.2) is 90.0 Å². The molecule has 0 bridgehead atoms. The van der Waals surface area contributed by atoms with Crippen LogP contribution in [-0.4, -0.2) is 28.3 Å². The number of anilines is 5. The molecule has 3 N–H and O–H groups in total. The molecule has 0 atom stereocenters. The monoisotopic (exact) mass is 489 g/mol. The van der Waals surface area contributed by atoms with Crippen LogP contribution in [0, 0.1) is 13.8 Å². The number of fused-ring (bicyclic) bond motifs is 1. The van der Waals surface area contributed by atoms with Gasteiger partial charge in [-0.3, -0.25) is 0 Å². The van der Waals surface area contributed by atoms with Gasteiger partial charge in [-0.15, -0.1) is 0 Å². The molecule has 8 heteroatoms. The zero-order chi connectivity index (χ0) is 25.6. The summed E-state index contributed by atoms with van der Waals surface area (Å²) in [5.74, 6) is 1.79. The fourth-order valence-electron chi connectivity index (χ4n) is 4.00. The molecule has 8 nitrogen and oxygen atoms in total. The van der Waals surface area contributed by atoms with Crippen LogP contribution in [0.4, 0.5) is 29.2 Å². The molecule has 1 aromatic heterocycles. The summed E-state index contributed by atoms with van der Waals surface area (Å²) in [5.41, 5.74) is 7.87. The number of nitrogens with one attached hydrogen (secondary N) is 3. The van der Waals surface area contributed by atoms with E-state index in [1.54, 1.807) is 13.3 Å². The normalized spacial score (nSPS) is 11.0. The lowest BCUT2D eigenvalue weighted by molar-refractivity contribution is 0.415. The maximum atomic E-state index is 5.57. The minimum atomic E-state index is 0.288. The second kappa shape index (κ2) is 10.7. The number of aromatic nitrogens is 3. The minimum Gasteiger partial charge on any atom is -0.496 e. The number of aryl methyl sites for hydroxylation is 2. The number of hydrazone groups is 1. The quantitative estimate of drug-likeness (QED) is 0.167. The van der Waals surface area contributed by atoms with Crippen LogP contribution in [0.1, 0.15) is 16.7 Å². The summed E-state index contributed by atoms with van der Waals surface area (Å²) in [4.78, 5) is 13.6. The molecule has 5 aromatic rings. The highest BCUT2D eigenvalue weighted by molar-refractivity contribution is 6.02. The standard InChI is InChI=1S/C29H27N7O/c1-19-13-15-25(20(2)17-19)32-28-33-27(31-22-10-5-4-6-11-22)34-29(35-28)36-30-18-24-23-12-8-7-9-21(23)14-16-26(24)37-3/h4-18H,1-3H3,(H3,31,32,33,34,35,36)/b30-18-. The van der Waals surface area contributed by atoms with Crippen molar-refractivity contribution in [1.82, 2.24) is 15.0 Å². The number of hydrogen-bond acceptors (Lipinski definition) is 8. The van der Waals surface area contributed by atoms with Gasteiger partial charge in [0.05, 0.1) is 13.3 Å². The molecule has 0 aliphatic rings. The molecular formula is C29H27N7O. The van der Waals surface area contributed by atoms with Crippen molar-refractivity contribution in [2.24, 2.45) is 5.10 Å². The van der Waals surface area contributed by atoms with E-state index < -0.39 is 0 Å². The maximum absolute atomic E-state index is 5.57. The summed E-state index contributed by atoms with van der Waals surface area (Å²) in [6, 6.07) is 27.9. The van der Waals surface area contributed by atoms with Crippen molar-refractivity contribution >= 4 is 46.2 Å².